The molecular formula is C12H17BrN2O3. The number of ether oxygens (including phenoxy) is 1. The van der Waals surface area contributed by atoms with E-state index in [4.69, 9.17) is 4.74 Å². The van der Waals surface area contributed by atoms with Crippen molar-refractivity contribution in [2.45, 2.75) is 26.3 Å². The van der Waals surface area contributed by atoms with Gasteiger partial charge < -0.3 is 10.1 Å². The second-order valence-corrected chi connectivity index (χ2v) is 5.06. The van der Waals surface area contributed by atoms with Crippen LogP contribution in [-0.4, -0.2) is 24.7 Å². The average molecular weight is 317 g/mol. The lowest BCUT2D eigenvalue weighted by atomic mass is 10.1. The molecule has 0 fully saturated rings. The summed E-state index contributed by atoms with van der Waals surface area (Å²) >= 11 is 3.41. The molecule has 0 aliphatic rings. The second kappa shape index (κ2) is 6.70. The molecule has 18 heavy (non-hydrogen) atoms. The summed E-state index contributed by atoms with van der Waals surface area (Å²) in [6, 6.07) is 3.50. The van der Waals surface area contributed by atoms with Crippen LogP contribution < -0.4 is 5.32 Å². The molecule has 0 heterocycles. The second-order valence-electron chi connectivity index (χ2n) is 4.20. The fourth-order valence-electron chi connectivity index (χ4n) is 1.60. The fraction of sp³-hybridized carbons (Fsp3) is 0.500. The summed E-state index contributed by atoms with van der Waals surface area (Å²) in [5.74, 6) is 0. The summed E-state index contributed by atoms with van der Waals surface area (Å²) in [5, 5.41) is 14.1. The molecule has 1 unspecified atom stereocenters. The zero-order chi connectivity index (χ0) is 13.7. The van der Waals surface area contributed by atoms with Crippen molar-refractivity contribution >= 4 is 27.3 Å². The lowest BCUT2D eigenvalue weighted by Gasteiger charge is -2.16. The van der Waals surface area contributed by atoms with Crippen molar-refractivity contribution in [2.75, 3.05) is 19.0 Å². The fourth-order valence-corrected chi connectivity index (χ4v) is 2.17. The van der Waals surface area contributed by atoms with E-state index in [1.54, 1.807) is 26.2 Å². The Morgan fingerprint density at radius 2 is 2.22 bits per heavy atom. The zero-order valence-corrected chi connectivity index (χ0v) is 12.3. The van der Waals surface area contributed by atoms with E-state index in [0.29, 0.717) is 12.2 Å². The van der Waals surface area contributed by atoms with Gasteiger partial charge in [0, 0.05) is 35.9 Å². The van der Waals surface area contributed by atoms with Crippen LogP contribution in [0.25, 0.3) is 0 Å². The molecule has 0 saturated heterocycles. The Balaban J connectivity index is 2.88. The topological polar surface area (TPSA) is 64.4 Å². The molecular weight excluding hydrogens is 300 g/mol. The first-order chi connectivity index (χ1) is 8.45. The molecule has 5 nitrogen and oxygen atoms in total. The van der Waals surface area contributed by atoms with Crippen LogP contribution in [0, 0.1) is 17.0 Å². The maximum absolute atomic E-state index is 10.9. The molecule has 0 spiro atoms. The van der Waals surface area contributed by atoms with Crippen LogP contribution in [0.4, 0.5) is 11.4 Å². The summed E-state index contributed by atoms with van der Waals surface area (Å²) in [7, 11) is 1.65. The third-order valence-corrected chi connectivity index (χ3v) is 3.30. The van der Waals surface area contributed by atoms with Gasteiger partial charge in [0.25, 0.3) is 5.69 Å². The maximum atomic E-state index is 10.9. The standard InChI is InChI=1S/C12H17BrN2O3/c1-8-6-10(13)11(7-12(8)15(16)17)14-9(2)4-5-18-3/h6-7,9,14H,4-5H2,1-3H3. The number of hydrogen-bond acceptors (Lipinski definition) is 4. The lowest BCUT2D eigenvalue weighted by Crippen LogP contribution is -2.17. The molecule has 0 aliphatic heterocycles. The molecule has 0 bridgehead atoms. The predicted molar refractivity (Wildman–Crippen MR) is 75.1 cm³/mol. The first kappa shape index (κ1) is 14.9. The average Bonchev–Trinajstić information content (AvgIpc) is 2.29. The molecule has 6 heteroatoms. The van der Waals surface area contributed by atoms with Crippen molar-refractivity contribution in [3.63, 3.8) is 0 Å². The molecule has 0 radical (unpaired) electrons. The van der Waals surface area contributed by atoms with Crippen LogP contribution >= 0.6 is 15.9 Å². The Kier molecular flexibility index (Phi) is 5.55. The van der Waals surface area contributed by atoms with Gasteiger partial charge in [-0.2, -0.15) is 0 Å². The highest BCUT2D eigenvalue weighted by atomic mass is 79.9. The highest BCUT2D eigenvalue weighted by molar-refractivity contribution is 9.10. The van der Waals surface area contributed by atoms with E-state index in [0.717, 1.165) is 16.6 Å². The summed E-state index contributed by atoms with van der Waals surface area (Å²) in [4.78, 5) is 10.5. The highest BCUT2D eigenvalue weighted by Crippen LogP contribution is 2.31. The van der Waals surface area contributed by atoms with E-state index >= 15 is 0 Å². The first-order valence-corrected chi connectivity index (χ1v) is 6.45. The van der Waals surface area contributed by atoms with Gasteiger partial charge in [-0.25, -0.2) is 0 Å². The number of aryl methyl sites for hydroxylation is 1. The van der Waals surface area contributed by atoms with Gasteiger partial charge in [-0.05, 0) is 42.3 Å². The molecule has 0 aliphatic carbocycles. The normalized spacial score (nSPS) is 12.2. The molecule has 1 aromatic rings. The molecule has 0 amide bonds. The van der Waals surface area contributed by atoms with Gasteiger partial charge in [0.1, 0.15) is 0 Å². The Morgan fingerprint density at radius 1 is 1.56 bits per heavy atom. The van der Waals surface area contributed by atoms with E-state index in [2.05, 4.69) is 21.2 Å². The van der Waals surface area contributed by atoms with E-state index in [-0.39, 0.29) is 16.7 Å². The van der Waals surface area contributed by atoms with Gasteiger partial charge in [0.05, 0.1) is 10.6 Å². The van der Waals surface area contributed by atoms with Crippen molar-refractivity contribution in [1.29, 1.82) is 0 Å². The van der Waals surface area contributed by atoms with Crippen LogP contribution in [-0.2, 0) is 4.74 Å². The minimum atomic E-state index is -0.368. The van der Waals surface area contributed by atoms with Crippen LogP contribution in [0.2, 0.25) is 0 Å². The van der Waals surface area contributed by atoms with Gasteiger partial charge in [-0.3, -0.25) is 10.1 Å². The Labute approximate surface area is 115 Å². The summed E-state index contributed by atoms with van der Waals surface area (Å²) in [6.07, 6.45) is 0.838. The number of hydrogen-bond donors (Lipinski definition) is 1. The molecule has 0 saturated carbocycles. The van der Waals surface area contributed by atoms with Crippen molar-refractivity contribution in [3.05, 3.63) is 32.3 Å². The molecule has 1 aromatic carbocycles. The molecule has 100 valence electrons. The Bertz CT molecular complexity index is 438. The number of anilines is 1. The summed E-state index contributed by atoms with van der Waals surface area (Å²) < 4.78 is 5.83. The third-order valence-electron chi connectivity index (χ3n) is 2.64. The zero-order valence-electron chi connectivity index (χ0n) is 10.7. The lowest BCUT2D eigenvalue weighted by molar-refractivity contribution is -0.385. The number of methoxy groups -OCH3 is 1. The number of rotatable bonds is 6. The first-order valence-electron chi connectivity index (χ1n) is 5.65. The monoisotopic (exact) mass is 316 g/mol. The summed E-state index contributed by atoms with van der Waals surface area (Å²) in [6.45, 7) is 4.39. The SMILES string of the molecule is COCCC(C)Nc1cc([N+](=O)[O-])c(C)cc1Br. The van der Waals surface area contributed by atoms with Gasteiger partial charge in [0.2, 0.25) is 0 Å². The van der Waals surface area contributed by atoms with E-state index < -0.39 is 0 Å². The van der Waals surface area contributed by atoms with Crippen molar-refractivity contribution in [1.82, 2.24) is 0 Å². The van der Waals surface area contributed by atoms with Gasteiger partial charge in [-0.15, -0.1) is 0 Å². The number of nitro groups is 1. The third kappa shape index (κ3) is 3.96. The minimum Gasteiger partial charge on any atom is -0.385 e. The maximum Gasteiger partial charge on any atom is 0.274 e. The van der Waals surface area contributed by atoms with Crippen LogP contribution in [0.3, 0.4) is 0 Å². The smallest absolute Gasteiger partial charge is 0.274 e. The van der Waals surface area contributed by atoms with Crippen LogP contribution in [0.15, 0.2) is 16.6 Å². The minimum absolute atomic E-state index is 0.125. The molecule has 0 aromatic heterocycles. The van der Waals surface area contributed by atoms with Gasteiger partial charge in [0.15, 0.2) is 0 Å². The number of nitro benzene ring substituents is 1. The van der Waals surface area contributed by atoms with E-state index in [1.165, 1.54) is 0 Å². The molecule has 1 N–H and O–H groups in total. The Morgan fingerprint density at radius 3 is 2.78 bits per heavy atom. The van der Waals surface area contributed by atoms with Crippen molar-refractivity contribution in [3.8, 4) is 0 Å². The van der Waals surface area contributed by atoms with Gasteiger partial charge >= 0.3 is 0 Å². The highest BCUT2D eigenvalue weighted by Gasteiger charge is 2.15. The quantitative estimate of drug-likeness (QED) is 0.644. The predicted octanol–water partition coefficient (Wildman–Crippen LogP) is 3.50. The van der Waals surface area contributed by atoms with E-state index in [9.17, 15) is 10.1 Å². The number of nitrogens with one attached hydrogen (secondary N) is 1. The number of nitrogens with zero attached hydrogens (tertiary/aromatic N) is 1. The largest absolute Gasteiger partial charge is 0.385 e. The molecule has 1 atom stereocenters. The number of benzene rings is 1. The number of halogens is 1. The Hall–Kier alpha value is -1.14. The van der Waals surface area contributed by atoms with E-state index in [1.807, 2.05) is 6.92 Å². The van der Waals surface area contributed by atoms with Crippen molar-refractivity contribution < 1.29 is 9.66 Å². The van der Waals surface area contributed by atoms with Gasteiger partial charge in [-0.1, -0.05) is 0 Å². The van der Waals surface area contributed by atoms with Crippen LogP contribution in [0.5, 0.6) is 0 Å². The summed E-state index contributed by atoms with van der Waals surface area (Å²) in [5.41, 5.74) is 1.50. The van der Waals surface area contributed by atoms with Crippen LogP contribution in [0.1, 0.15) is 18.9 Å². The molecule has 1 rings (SSSR count). The van der Waals surface area contributed by atoms with Crippen molar-refractivity contribution in [2.24, 2.45) is 0 Å².